The molecule has 0 saturated heterocycles. The number of aryl methyl sites for hydroxylation is 1. The molecule has 5 heteroatoms. The van der Waals surface area contributed by atoms with Crippen LogP contribution in [0.3, 0.4) is 0 Å². The van der Waals surface area contributed by atoms with Gasteiger partial charge in [0.1, 0.15) is 5.82 Å². The van der Waals surface area contributed by atoms with Crippen LogP contribution in [0, 0.1) is 12.7 Å². The molecule has 2 aromatic carbocycles. The zero-order valence-electron chi connectivity index (χ0n) is 11.8. The van der Waals surface area contributed by atoms with E-state index in [-0.39, 0.29) is 10.9 Å². The largest absolute Gasteiger partial charge is 0.381 e. The maximum Gasteiger partial charge on any atom is 0.221 e. The fraction of sp³-hybridized carbons (Fsp3) is 0.188. The second kappa shape index (κ2) is 6.59. The maximum atomic E-state index is 13.1. The molecule has 2 aromatic rings. The van der Waals surface area contributed by atoms with Crippen LogP contribution in [0.5, 0.6) is 0 Å². The molecule has 1 amide bonds. The molecule has 0 aromatic heterocycles. The first kappa shape index (κ1) is 15.3. The topological polar surface area (TPSA) is 41.1 Å². The van der Waals surface area contributed by atoms with Crippen LogP contribution in [0.15, 0.2) is 36.4 Å². The summed E-state index contributed by atoms with van der Waals surface area (Å²) in [5.74, 6) is -0.542. The van der Waals surface area contributed by atoms with E-state index in [4.69, 9.17) is 11.6 Å². The van der Waals surface area contributed by atoms with Crippen LogP contribution in [-0.4, -0.2) is 5.91 Å². The highest BCUT2D eigenvalue weighted by Crippen LogP contribution is 2.22. The number of nitrogens with one attached hydrogen (secondary N) is 2. The molecule has 0 aliphatic rings. The Labute approximate surface area is 128 Å². The van der Waals surface area contributed by atoms with Crippen molar-refractivity contribution in [1.82, 2.24) is 0 Å². The Hall–Kier alpha value is -2.07. The highest BCUT2D eigenvalue weighted by Gasteiger charge is 2.04. The van der Waals surface area contributed by atoms with Crippen molar-refractivity contribution in [2.75, 3.05) is 10.6 Å². The van der Waals surface area contributed by atoms with Crippen molar-refractivity contribution in [3.05, 3.63) is 58.4 Å². The Balaban J connectivity index is 2.11. The summed E-state index contributed by atoms with van der Waals surface area (Å²) in [6.45, 7) is 3.95. The molecule has 110 valence electrons. The highest BCUT2D eigenvalue weighted by atomic mass is 35.5. The average Bonchev–Trinajstić information content (AvgIpc) is 2.42. The molecule has 0 radical (unpaired) electrons. The SMILES string of the molecule is CC(=O)Nc1ccc(C)c(NCc2ccc(F)c(Cl)c2)c1. The lowest BCUT2D eigenvalue weighted by atomic mass is 10.1. The first-order chi connectivity index (χ1) is 9.95. The minimum Gasteiger partial charge on any atom is -0.381 e. The average molecular weight is 307 g/mol. The van der Waals surface area contributed by atoms with E-state index in [1.807, 2.05) is 25.1 Å². The predicted molar refractivity (Wildman–Crippen MR) is 84.2 cm³/mol. The van der Waals surface area contributed by atoms with Gasteiger partial charge in [-0.2, -0.15) is 0 Å². The van der Waals surface area contributed by atoms with Gasteiger partial charge in [0.05, 0.1) is 5.02 Å². The number of hydrogen-bond acceptors (Lipinski definition) is 2. The number of amides is 1. The number of carbonyl (C=O) groups excluding carboxylic acids is 1. The molecular formula is C16H16ClFN2O. The minimum absolute atomic E-state index is 0.109. The molecule has 3 nitrogen and oxygen atoms in total. The minimum atomic E-state index is -0.427. The van der Waals surface area contributed by atoms with Crippen LogP contribution in [0.1, 0.15) is 18.1 Å². The predicted octanol–water partition coefficient (Wildman–Crippen LogP) is 4.36. The van der Waals surface area contributed by atoms with E-state index in [0.717, 1.165) is 22.5 Å². The van der Waals surface area contributed by atoms with E-state index < -0.39 is 5.82 Å². The van der Waals surface area contributed by atoms with Crippen molar-refractivity contribution < 1.29 is 9.18 Å². The molecule has 0 aliphatic heterocycles. The van der Waals surface area contributed by atoms with E-state index in [2.05, 4.69) is 10.6 Å². The molecule has 21 heavy (non-hydrogen) atoms. The Morgan fingerprint density at radius 2 is 2.00 bits per heavy atom. The molecule has 0 aliphatic carbocycles. The van der Waals surface area contributed by atoms with Crippen LogP contribution in [-0.2, 0) is 11.3 Å². The lowest BCUT2D eigenvalue weighted by molar-refractivity contribution is -0.114. The molecule has 2 N–H and O–H groups in total. The fourth-order valence-corrected chi connectivity index (χ4v) is 2.14. The number of halogens is 2. The second-order valence-corrected chi connectivity index (χ2v) is 5.22. The number of rotatable bonds is 4. The summed E-state index contributed by atoms with van der Waals surface area (Å²) in [4.78, 5) is 11.1. The van der Waals surface area contributed by atoms with Crippen molar-refractivity contribution in [3.63, 3.8) is 0 Å². The zero-order chi connectivity index (χ0) is 15.4. The van der Waals surface area contributed by atoms with Crippen molar-refractivity contribution in [2.24, 2.45) is 0 Å². The van der Waals surface area contributed by atoms with Gasteiger partial charge in [-0.1, -0.05) is 23.7 Å². The Bertz CT molecular complexity index is 673. The number of anilines is 2. The van der Waals surface area contributed by atoms with Gasteiger partial charge in [-0.15, -0.1) is 0 Å². The quantitative estimate of drug-likeness (QED) is 0.881. The Kier molecular flexibility index (Phi) is 4.81. The first-order valence-electron chi connectivity index (χ1n) is 6.52. The lowest BCUT2D eigenvalue weighted by Gasteiger charge is -2.12. The van der Waals surface area contributed by atoms with Crippen LogP contribution in [0.2, 0.25) is 5.02 Å². The Morgan fingerprint density at radius 1 is 1.24 bits per heavy atom. The standard InChI is InChI=1S/C16H16ClFN2O/c1-10-3-5-13(20-11(2)21)8-16(10)19-9-12-4-6-15(18)14(17)7-12/h3-8,19H,9H2,1-2H3,(H,20,21). The van der Waals surface area contributed by atoms with Crippen molar-refractivity contribution >= 4 is 28.9 Å². The van der Waals surface area contributed by atoms with Crippen LogP contribution < -0.4 is 10.6 Å². The molecule has 0 bridgehead atoms. The number of carbonyl (C=O) groups is 1. The molecule has 0 unspecified atom stereocenters. The summed E-state index contributed by atoms with van der Waals surface area (Å²) in [7, 11) is 0. The highest BCUT2D eigenvalue weighted by molar-refractivity contribution is 6.30. The summed E-state index contributed by atoms with van der Waals surface area (Å²) in [6, 6.07) is 10.3. The summed E-state index contributed by atoms with van der Waals surface area (Å²) < 4.78 is 13.1. The molecule has 0 atom stereocenters. The van der Waals surface area contributed by atoms with Gasteiger partial charge in [-0.05, 0) is 42.3 Å². The van der Waals surface area contributed by atoms with Gasteiger partial charge in [0.15, 0.2) is 0 Å². The van der Waals surface area contributed by atoms with Gasteiger partial charge >= 0.3 is 0 Å². The normalized spacial score (nSPS) is 10.3. The van der Waals surface area contributed by atoms with Crippen molar-refractivity contribution in [1.29, 1.82) is 0 Å². The maximum absolute atomic E-state index is 13.1. The zero-order valence-corrected chi connectivity index (χ0v) is 12.6. The van der Waals surface area contributed by atoms with E-state index in [1.165, 1.54) is 13.0 Å². The number of benzene rings is 2. The van der Waals surface area contributed by atoms with Gasteiger partial charge in [-0.3, -0.25) is 4.79 Å². The lowest BCUT2D eigenvalue weighted by Crippen LogP contribution is -2.07. The Morgan fingerprint density at radius 3 is 2.67 bits per heavy atom. The summed E-state index contributed by atoms with van der Waals surface area (Å²) >= 11 is 5.76. The van der Waals surface area contributed by atoms with E-state index >= 15 is 0 Å². The van der Waals surface area contributed by atoms with Crippen LogP contribution in [0.25, 0.3) is 0 Å². The van der Waals surface area contributed by atoms with Crippen molar-refractivity contribution in [2.45, 2.75) is 20.4 Å². The van der Waals surface area contributed by atoms with Crippen LogP contribution in [0.4, 0.5) is 15.8 Å². The third-order valence-corrected chi connectivity index (χ3v) is 3.31. The van der Waals surface area contributed by atoms with Crippen LogP contribution >= 0.6 is 11.6 Å². The molecule has 0 fully saturated rings. The summed E-state index contributed by atoms with van der Waals surface area (Å²) in [5, 5.41) is 6.10. The monoisotopic (exact) mass is 306 g/mol. The third-order valence-electron chi connectivity index (χ3n) is 3.02. The van der Waals surface area contributed by atoms with Gasteiger partial charge in [0, 0.05) is 24.8 Å². The fourth-order valence-electron chi connectivity index (χ4n) is 1.94. The smallest absolute Gasteiger partial charge is 0.221 e. The molecule has 0 spiro atoms. The second-order valence-electron chi connectivity index (χ2n) is 4.81. The number of hydrogen-bond donors (Lipinski definition) is 2. The third kappa shape index (κ3) is 4.20. The van der Waals surface area contributed by atoms with Gasteiger partial charge in [0.25, 0.3) is 0 Å². The van der Waals surface area contributed by atoms with Gasteiger partial charge in [-0.25, -0.2) is 4.39 Å². The van der Waals surface area contributed by atoms with Gasteiger partial charge in [0.2, 0.25) is 5.91 Å². The molecular weight excluding hydrogens is 291 g/mol. The van der Waals surface area contributed by atoms with E-state index in [1.54, 1.807) is 12.1 Å². The molecule has 0 heterocycles. The van der Waals surface area contributed by atoms with E-state index in [9.17, 15) is 9.18 Å². The van der Waals surface area contributed by atoms with Crippen molar-refractivity contribution in [3.8, 4) is 0 Å². The molecule has 0 saturated carbocycles. The van der Waals surface area contributed by atoms with E-state index in [0.29, 0.717) is 6.54 Å². The first-order valence-corrected chi connectivity index (χ1v) is 6.89. The molecule has 2 rings (SSSR count). The van der Waals surface area contributed by atoms with Gasteiger partial charge < -0.3 is 10.6 Å². The summed E-state index contributed by atoms with van der Waals surface area (Å²) in [5.41, 5.74) is 3.57. The summed E-state index contributed by atoms with van der Waals surface area (Å²) in [6.07, 6.45) is 0.